The van der Waals surface area contributed by atoms with Gasteiger partial charge in [0.15, 0.2) is 0 Å². The Labute approximate surface area is 81.9 Å². The van der Waals surface area contributed by atoms with E-state index in [-0.39, 0.29) is 11.6 Å². The van der Waals surface area contributed by atoms with Crippen LogP contribution in [0.25, 0.3) is 10.9 Å². The third-order valence-electron chi connectivity index (χ3n) is 2.38. The van der Waals surface area contributed by atoms with E-state index in [2.05, 4.69) is 0 Å². The Kier molecular flexibility index (Phi) is 1.81. The summed E-state index contributed by atoms with van der Waals surface area (Å²) in [5, 5.41) is 19.8. The number of aryl methyl sites for hydroxylation is 2. The molecule has 0 aliphatic heterocycles. The first-order valence-corrected chi connectivity index (χ1v) is 4.41. The van der Waals surface area contributed by atoms with Gasteiger partial charge in [-0.2, -0.15) is 4.57 Å². The van der Waals surface area contributed by atoms with E-state index < -0.39 is 0 Å². The molecule has 72 valence electrons. The fourth-order valence-electron chi connectivity index (χ4n) is 1.59. The van der Waals surface area contributed by atoms with Crippen LogP contribution in [0.5, 0.6) is 11.6 Å². The second-order valence-corrected chi connectivity index (χ2v) is 3.47. The molecule has 0 unspecified atom stereocenters. The zero-order chi connectivity index (χ0) is 10.3. The Hall–Kier alpha value is -1.77. The summed E-state index contributed by atoms with van der Waals surface area (Å²) in [5.74, 6) is -0.202. The Morgan fingerprint density at radius 1 is 1.14 bits per heavy atom. The summed E-state index contributed by atoms with van der Waals surface area (Å²) in [7, 11) is 1.72. The van der Waals surface area contributed by atoms with Crippen molar-refractivity contribution in [2.75, 3.05) is 0 Å². The van der Waals surface area contributed by atoms with E-state index in [1.54, 1.807) is 17.7 Å². The summed E-state index contributed by atoms with van der Waals surface area (Å²) in [6.45, 7) is 1.99. The van der Waals surface area contributed by atoms with Crippen LogP contribution in [0.2, 0.25) is 0 Å². The predicted molar refractivity (Wildman–Crippen MR) is 53.2 cm³/mol. The maximum absolute atomic E-state index is 9.49. The Bertz CT molecular complexity index is 506. The van der Waals surface area contributed by atoms with Crippen LogP contribution >= 0.6 is 0 Å². The molecule has 0 aliphatic carbocycles. The maximum Gasteiger partial charge on any atom is 0.409 e. The lowest BCUT2D eigenvalue weighted by molar-refractivity contribution is -0.652. The molecule has 2 rings (SSSR count). The first-order valence-electron chi connectivity index (χ1n) is 4.41. The fourth-order valence-corrected chi connectivity index (χ4v) is 1.59. The number of rotatable bonds is 0. The Morgan fingerprint density at radius 2 is 1.86 bits per heavy atom. The van der Waals surface area contributed by atoms with Crippen molar-refractivity contribution in [3.05, 3.63) is 29.8 Å². The lowest BCUT2D eigenvalue weighted by atomic mass is 10.1. The van der Waals surface area contributed by atoms with Gasteiger partial charge in [-0.3, -0.25) is 0 Å². The smallest absolute Gasteiger partial charge is 0.409 e. The predicted octanol–water partition coefficient (Wildman–Crippen LogP) is 1.38. The van der Waals surface area contributed by atoms with E-state index in [1.807, 2.05) is 25.1 Å². The van der Waals surface area contributed by atoms with Crippen LogP contribution in [-0.4, -0.2) is 10.2 Å². The molecule has 2 N–H and O–H groups in total. The van der Waals surface area contributed by atoms with Crippen LogP contribution in [0.1, 0.15) is 5.56 Å². The summed E-state index contributed by atoms with van der Waals surface area (Å²) in [4.78, 5) is 0. The highest BCUT2D eigenvalue weighted by Crippen LogP contribution is 2.24. The van der Waals surface area contributed by atoms with E-state index in [1.165, 1.54) is 0 Å². The normalized spacial score (nSPS) is 10.7. The third-order valence-corrected chi connectivity index (χ3v) is 2.38. The molecule has 0 saturated heterocycles. The molecular weight excluding hydrogens is 178 g/mol. The van der Waals surface area contributed by atoms with E-state index in [0.29, 0.717) is 0 Å². The highest BCUT2D eigenvalue weighted by molar-refractivity contribution is 5.78. The first-order chi connectivity index (χ1) is 6.59. The average Bonchev–Trinajstić information content (AvgIpc) is 2.14. The first kappa shape index (κ1) is 8.81. The molecule has 3 heteroatoms. The number of aromatic hydroxyl groups is 2. The summed E-state index contributed by atoms with van der Waals surface area (Å²) < 4.78 is 1.56. The van der Waals surface area contributed by atoms with Crippen LogP contribution in [0, 0.1) is 6.92 Å². The van der Waals surface area contributed by atoms with Gasteiger partial charge in [-0.15, -0.1) is 0 Å². The minimum absolute atomic E-state index is 0.0920. The second-order valence-electron chi connectivity index (χ2n) is 3.47. The van der Waals surface area contributed by atoms with Crippen LogP contribution in [-0.2, 0) is 7.05 Å². The molecule has 2 aromatic rings. The van der Waals surface area contributed by atoms with Crippen molar-refractivity contribution in [3.8, 4) is 11.6 Å². The van der Waals surface area contributed by atoms with E-state index >= 15 is 0 Å². The van der Waals surface area contributed by atoms with Gasteiger partial charge >= 0.3 is 5.88 Å². The fraction of sp³-hybridized carbons (Fsp3) is 0.182. The maximum atomic E-state index is 9.49. The molecule has 0 fully saturated rings. The van der Waals surface area contributed by atoms with Crippen molar-refractivity contribution >= 4 is 10.9 Å². The van der Waals surface area contributed by atoms with E-state index in [9.17, 15) is 10.2 Å². The summed E-state index contributed by atoms with van der Waals surface area (Å²) in [6, 6.07) is 7.43. The van der Waals surface area contributed by atoms with Crippen LogP contribution in [0.3, 0.4) is 0 Å². The Balaban J connectivity index is 2.91. The lowest BCUT2D eigenvalue weighted by Gasteiger charge is -2.01. The molecule has 0 bridgehead atoms. The van der Waals surface area contributed by atoms with Crippen molar-refractivity contribution < 1.29 is 14.8 Å². The SMILES string of the molecule is Cc1ccc2c(c1)cc(O)c(O)[n+]2C. The standard InChI is InChI=1S/C11H11NO2/c1-7-3-4-9-8(5-7)6-10(13)11(14)12(9)2/h3-6,13H,1-2H3/p+1. The molecular formula is C11H12NO2+. The van der Waals surface area contributed by atoms with Gasteiger partial charge in [-0.1, -0.05) is 11.6 Å². The minimum Gasteiger partial charge on any atom is -0.500 e. The molecule has 3 nitrogen and oxygen atoms in total. The number of hydrogen-bond donors (Lipinski definition) is 2. The number of benzene rings is 1. The molecule has 0 saturated carbocycles. The summed E-state index contributed by atoms with van der Waals surface area (Å²) in [6.07, 6.45) is 0. The van der Waals surface area contributed by atoms with Crippen molar-refractivity contribution in [1.29, 1.82) is 0 Å². The van der Waals surface area contributed by atoms with Crippen molar-refractivity contribution in [3.63, 3.8) is 0 Å². The molecule has 1 aromatic heterocycles. The summed E-state index contributed by atoms with van der Waals surface area (Å²) >= 11 is 0. The third kappa shape index (κ3) is 1.18. The van der Waals surface area contributed by atoms with Gasteiger partial charge < -0.3 is 10.2 Å². The van der Waals surface area contributed by atoms with Gasteiger partial charge in [0, 0.05) is 12.1 Å². The van der Waals surface area contributed by atoms with E-state index in [0.717, 1.165) is 16.5 Å². The number of nitrogens with zero attached hydrogens (tertiary/aromatic N) is 1. The van der Waals surface area contributed by atoms with Crippen molar-refractivity contribution in [2.45, 2.75) is 6.92 Å². The average molecular weight is 190 g/mol. The van der Waals surface area contributed by atoms with E-state index in [4.69, 9.17) is 0 Å². The van der Waals surface area contributed by atoms with Gasteiger partial charge in [0.1, 0.15) is 7.05 Å². The molecule has 0 spiro atoms. The molecule has 1 heterocycles. The minimum atomic E-state index is -0.110. The zero-order valence-corrected chi connectivity index (χ0v) is 8.15. The van der Waals surface area contributed by atoms with Crippen LogP contribution < -0.4 is 4.57 Å². The zero-order valence-electron chi connectivity index (χ0n) is 8.15. The molecule has 14 heavy (non-hydrogen) atoms. The van der Waals surface area contributed by atoms with Crippen molar-refractivity contribution in [2.24, 2.45) is 7.05 Å². The highest BCUT2D eigenvalue weighted by Gasteiger charge is 2.15. The molecule has 1 aromatic carbocycles. The Morgan fingerprint density at radius 3 is 2.57 bits per heavy atom. The summed E-state index contributed by atoms with van der Waals surface area (Å²) in [5.41, 5.74) is 2.02. The van der Waals surface area contributed by atoms with Crippen LogP contribution in [0.15, 0.2) is 24.3 Å². The van der Waals surface area contributed by atoms with Crippen LogP contribution in [0.4, 0.5) is 0 Å². The van der Waals surface area contributed by atoms with Gasteiger partial charge in [-0.25, -0.2) is 0 Å². The number of fused-ring (bicyclic) bond motifs is 1. The largest absolute Gasteiger partial charge is 0.500 e. The van der Waals surface area contributed by atoms with Gasteiger partial charge in [0.25, 0.3) is 0 Å². The van der Waals surface area contributed by atoms with Crippen molar-refractivity contribution in [1.82, 2.24) is 0 Å². The second kappa shape index (κ2) is 2.87. The lowest BCUT2D eigenvalue weighted by Crippen LogP contribution is -2.28. The number of aromatic nitrogens is 1. The molecule has 0 aliphatic rings. The number of hydrogen-bond acceptors (Lipinski definition) is 2. The number of pyridine rings is 1. The van der Waals surface area contributed by atoms with Gasteiger partial charge in [0.05, 0.1) is 5.39 Å². The van der Waals surface area contributed by atoms with Gasteiger partial charge in [-0.05, 0) is 13.0 Å². The van der Waals surface area contributed by atoms with Gasteiger partial charge in [0.2, 0.25) is 11.3 Å². The highest BCUT2D eigenvalue weighted by atomic mass is 16.3. The molecule has 0 atom stereocenters. The molecule has 0 radical (unpaired) electrons. The topological polar surface area (TPSA) is 44.3 Å². The molecule has 0 amide bonds. The quantitative estimate of drug-likeness (QED) is 0.616. The monoisotopic (exact) mass is 190 g/mol.